The predicted molar refractivity (Wildman–Crippen MR) is 82.8 cm³/mol. The lowest BCUT2D eigenvalue weighted by Crippen LogP contribution is -2.12. The summed E-state index contributed by atoms with van der Waals surface area (Å²) in [5.41, 5.74) is 0.407. The van der Waals surface area contributed by atoms with Crippen LogP contribution in [0.4, 0.5) is 15.8 Å². The highest BCUT2D eigenvalue weighted by Crippen LogP contribution is 2.29. The maximum Gasteiger partial charge on any atom is 0.312 e. The largest absolute Gasteiger partial charge is 0.490 e. The van der Waals surface area contributed by atoms with Crippen LogP contribution in [0.5, 0.6) is 5.75 Å². The number of ether oxygens (including phenoxy) is 1. The van der Waals surface area contributed by atoms with Crippen molar-refractivity contribution in [2.24, 2.45) is 0 Å². The second-order valence-electron chi connectivity index (χ2n) is 4.84. The Morgan fingerprint density at radius 2 is 2.12 bits per heavy atom. The van der Waals surface area contributed by atoms with Crippen molar-refractivity contribution in [2.45, 2.75) is 0 Å². The van der Waals surface area contributed by atoms with Gasteiger partial charge in [-0.1, -0.05) is 0 Å². The van der Waals surface area contributed by atoms with E-state index in [4.69, 9.17) is 4.74 Å². The number of fused-ring (bicyclic) bond motifs is 1. The van der Waals surface area contributed by atoms with E-state index >= 15 is 0 Å². The number of amides is 1. The molecule has 0 aliphatic rings. The third-order valence-electron chi connectivity index (χ3n) is 3.28. The highest BCUT2D eigenvalue weighted by molar-refractivity contribution is 6.03. The molecule has 24 heavy (non-hydrogen) atoms. The molecule has 9 heteroatoms. The number of rotatable bonds is 4. The van der Waals surface area contributed by atoms with Crippen LogP contribution < -0.4 is 10.1 Å². The molecular weight excluding hydrogens is 319 g/mol. The Balaban J connectivity index is 1.88. The Labute approximate surface area is 134 Å². The van der Waals surface area contributed by atoms with E-state index in [9.17, 15) is 19.3 Å². The normalized spacial score (nSPS) is 10.6. The predicted octanol–water partition coefficient (Wildman–Crippen LogP) is 2.64. The molecule has 2 aromatic heterocycles. The first kappa shape index (κ1) is 15.4. The molecule has 1 N–H and O–H groups in total. The third kappa shape index (κ3) is 2.86. The highest BCUT2D eigenvalue weighted by atomic mass is 19.1. The molecule has 0 saturated heterocycles. The van der Waals surface area contributed by atoms with E-state index in [0.717, 1.165) is 0 Å². The summed E-state index contributed by atoms with van der Waals surface area (Å²) in [6, 6.07) is 6.71. The number of carbonyl (C=O) groups is 1. The third-order valence-corrected chi connectivity index (χ3v) is 3.28. The molecule has 0 atom stereocenters. The van der Waals surface area contributed by atoms with Gasteiger partial charge in [0, 0.05) is 24.1 Å². The number of hydrogen-bond donors (Lipinski definition) is 1. The Bertz CT molecular complexity index is 954. The number of nitro benzene ring substituents is 1. The fourth-order valence-electron chi connectivity index (χ4n) is 2.18. The average Bonchev–Trinajstić information content (AvgIpc) is 2.98. The molecule has 0 spiro atoms. The van der Waals surface area contributed by atoms with E-state index in [2.05, 4.69) is 10.3 Å². The standard InChI is InChI=1S/C15H11FN4O4/c1-24-13-4-3-10(6-12(13)20(22)23)17-15(21)11-8-19-7-9(16)2-5-14(19)18-11/h2-8H,1H3,(H,17,21). The summed E-state index contributed by atoms with van der Waals surface area (Å²) in [6.07, 6.45) is 2.56. The number of anilines is 1. The molecule has 1 aromatic carbocycles. The molecule has 0 aliphatic heterocycles. The van der Waals surface area contributed by atoms with E-state index in [1.165, 1.54) is 54.2 Å². The van der Waals surface area contributed by atoms with Crippen LogP contribution in [0.15, 0.2) is 42.7 Å². The molecule has 0 radical (unpaired) electrons. The molecule has 0 aliphatic carbocycles. The van der Waals surface area contributed by atoms with Gasteiger partial charge in [0.2, 0.25) is 0 Å². The minimum Gasteiger partial charge on any atom is -0.490 e. The number of halogens is 1. The van der Waals surface area contributed by atoms with Gasteiger partial charge in [-0.25, -0.2) is 9.37 Å². The van der Waals surface area contributed by atoms with Crippen molar-refractivity contribution in [3.05, 3.63) is 64.4 Å². The van der Waals surface area contributed by atoms with Crippen LogP contribution >= 0.6 is 0 Å². The zero-order valence-corrected chi connectivity index (χ0v) is 12.4. The van der Waals surface area contributed by atoms with Crippen molar-refractivity contribution >= 4 is 22.9 Å². The van der Waals surface area contributed by atoms with Gasteiger partial charge in [0.15, 0.2) is 5.75 Å². The Hall–Kier alpha value is -3.49. The number of methoxy groups -OCH3 is 1. The summed E-state index contributed by atoms with van der Waals surface area (Å²) in [5.74, 6) is -0.947. The van der Waals surface area contributed by atoms with E-state index in [1.807, 2.05) is 0 Å². The summed E-state index contributed by atoms with van der Waals surface area (Å²) in [5, 5.41) is 13.5. The number of pyridine rings is 1. The fourth-order valence-corrected chi connectivity index (χ4v) is 2.18. The minimum absolute atomic E-state index is 0.0547. The summed E-state index contributed by atoms with van der Waals surface area (Å²) in [4.78, 5) is 26.7. The minimum atomic E-state index is -0.609. The van der Waals surface area contributed by atoms with Crippen molar-refractivity contribution in [2.75, 3.05) is 12.4 Å². The molecule has 3 aromatic rings. The molecule has 8 nitrogen and oxygen atoms in total. The molecule has 1 amide bonds. The van der Waals surface area contributed by atoms with Crippen molar-refractivity contribution < 1.29 is 18.8 Å². The van der Waals surface area contributed by atoms with Gasteiger partial charge in [-0.15, -0.1) is 0 Å². The summed E-state index contributed by atoms with van der Waals surface area (Å²) < 4.78 is 19.4. The lowest BCUT2D eigenvalue weighted by atomic mass is 10.2. The second kappa shape index (κ2) is 5.95. The van der Waals surface area contributed by atoms with E-state index in [0.29, 0.717) is 5.65 Å². The van der Waals surface area contributed by atoms with E-state index in [1.54, 1.807) is 0 Å². The zero-order valence-electron chi connectivity index (χ0n) is 12.4. The molecule has 0 fully saturated rings. The lowest BCUT2D eigenvalue weighted by Gasteiger charge is -2.05. The van der Waals surface area contributed by atoms with Crippen molar-refractivity contribution in [3.8, 4) is 5.75 Å². The lowest BCUT2D eigenvalue weighted by molar-refractivity contribution is -0.385. The first-order valence-corrected chi connectivity index (χ1v) is 6.76. The van der Waals surface area contributed by atoms with E-state index < -0.39 is 16.6 Å². The number of nitrogens with zero attached hydrogens (tertiary/aromatic N) is 3. The number of imidazole rings is 1. The summed E-state index contributed by atoms with van der Waals surface area (Å²) in [6.45, 7) is 0. The smallest absolute Gasteiger partial charge is 0.312 e. The Morgan fingerprint density at radius 1 is 1.33 bits per heavy atom. The van der Waals surface area contributed by atoms with Crippen molar-refractivity contribution in [3.63, 3.8) is 0 Å². The van der Waals surface area contributed by atoms with Gasteiger partial charge in [0.25, 0.3) is 5.91 Å². The van der Waals surface area contributed by atoms with Crippen molar-refractivity contribution in [1.82, 2.24) is 9.38 Å². The fraction of sp³-hybridized carbons (Fsp3) is 0.0667. The first-order valence-electron chi connectivity index (χ1n) is 6.76. The van der Waals surface area contributed by atoms with Crippen LogP contribution in [-0.2, 0) is 0 Å². The molecule has 122 valence electrons. The molecule has 2 heterocycles. The number of nitrogens with one attached hydrogen (secondary N) is 1. The van der Waals surface area contributed by atoms with Crippen LogP contribution in [-0.4, -0.2) is 27.3 Å². The quantitative estimate of drug-likeness (QED) is 0.585. The monoisotopic (exact) mass is 330 g/mol. The summed E-state index contributed by atoms with van der Waals surface area (Å²) in [7, 11) is 1.32. The molecule has 0 saturated carbocycles. The maximum atomic E-state index is 13.2. The SMILES string of the molecule is COc1ccc(NC(=O)c2cn3cc(F)ccc3n2)cc1[N+](=O)[O-]. The second-order valence-corrected chi connectivity index (χ2v) is 4.84. The van der Waals surface area contributed by atoms with Crippen LogP contribution in [0, 0.1) is 15.9 Å². The van der Waals surface area contributed by atoms with Gasteiger partial charge in [0.1, 0.15) is 17.2 Å². The van der Waals surface area contributed by atoms with Gasteiger partial charge in [-0.2, -0.15) is 0 Å². The van der Waals surface area contributed by atoms with Gasteiger partial charge >= 0.3 is 5.69 Å². The van der Waals surface area contributed by atoms with Crippen LogP contribution in [0.2, 0.25) is 0 Å². The zero-order chi connectivity index (χ0) is 17.3. The topological polar surface area (TPSA) is 98.8 Å². The molecule has 3 rings (SSSR count). The molecule has 0 bridgehead atoms. The number of aromatic nitrogens is 2. The highest BCUT2D eigenvalue weighted by Gasteiger charge is 2.17. The summed E-state index contributed by atoms with van der Waals surface area (Å²) >= 11 is 0. The van der Waals surface area contributed by atoms with Gasteiger partial charge in [-0.05, 0) is 24.3 Å². The van der Waals surface area contributed by atoms with Gasteiger partial charge in [0.05, 0.1) is 12.0 Å². The van der Waals surface area contributed by atoms with Crippen molar-refractivity contribution in [1.29, 1.82) is 0 Å². The number of carbonyl (C=O) groups excluding carboxylic acids is 1. The van der Waals surface area contributed by atoms with Gasteiger partial charge < -0.3 is 14.5 Å². The Morgan fingerprint density at radius 3 is 2.83 bits per heavy atom. The van der Waals surface area contributed by atoms with Crippen LogP contribution in [0.3, 0.4) is 0 Å². The Kier molecular flexibility index (Phi) is 3.82. The molecular formula is C15H11FN4O4. The van der Waals surface area contributed by atoms with E-state index in [-0.39, 0.29) is 22.8 Å². The van der Waals surface area contributed by atoms with Crippen LogP contribution in [0.25, 0.3) is 5.65 Å². The first-order chi connectivity index (χ1) is 11.5. The number of benzene rings is 1. The number of hydrogen-bond acceptors (Lipinski definition) is 5. The maximum absolute atomic E-state index is 13.2. The van der Waals surface area contributed by atoms with Gasteiger partial charge in [-0.3, -0.25) is 14.9 Å². The molecule has 0 unspecified atom stereocenters. The van der Waals surface area contributed by atoms with Crippen LogP contribution in [0.1, 0.15) is 10.5 Å². The number of nitro groups is 1. The average molecular weight is 330 g/mol.